The van der Waals surface area contributed by atoms with Crippen molar-refractivity contribution in [3.8, 4) is 0 Å². The molecule has 0 atom stereocenters. The Morgan fingerprint density at radius 3 is 2.59 bits per heavy atom. The second-order valence-corrected chi connectivity index (χ2v) is 4.74. The monoisotopic (exact) mass is 231 g/mol. The second-order valence-electron chi connectivity index (χ2n) is 4.74. The highest BCUT2D eigenvalue weighted by molar-refractivity contribution is 6.13. The van der Waals surface area contributed by atoms with E-state index in [-0.39, 0.29) is 5.91 Å². The Balaban J connectivity index is 2.18. The zero-order valence-corrected chi connectivity index (χ0v) is 10.2. The molecule has 1 amide bonds. The number of rotatable bonds is 3. The highest BCUT2D eigenvalue weighted by Crippen LogP contribution is 2.23. The van der Waals surface area contributed by atoms with Crippen LogP contribution in [0.15, 0.2) is 29.4 Å². The van der Waals surface area contributed by atoms with Gasteiger partial charge in [-0.25, -0.2) is 5.01 Å². The van der Waals surface area contributed by atoms with E-state index in [2.05, 4.69) is 18.9 Å². The van der Waals surface area contributed by atoms with E-state index in [1.165, 1.54) is 5.01 Å². The Kier molecular flexibility index (Phi) is 3.13. The maximum Gasteiger partial charge on any atom is 0.253 e. The van der Waals surface area contributed by atoms with Gasteiger partial charge in [0.1, 0.15) is 0 Å². The number of hydrogen-bond donors (Lipinski definition) is 1. The number of anilines is 2. The molecule has 4 heteroatoms. The molecule has 2 rings (SSSR count). The summed E-state index contributed by atoms with van der Waals surface area (Å²) in [5.74, 6) is 0.554. The van der Waals surface area contributed by atoms with Crippen LogP contribution in [0.25, 0.3) is 0 Å². The minimum Gasteiger partial charge on any atom is -0.399 e. The molecule has 0 spiro atoms. The SMILES string of the molecule is CC(C)CC1=NN(c2ccc(N)cc2)C(=O)C1. The van der Waals surface area contributed by atoms with Crippen LogP contribution in [0.4, 0.5) is 11.4 Å². The summed E-state index contributed by atoms with van der Waals surface area (Å²) in [4.78, 5) is 11.8. The van der Waals surface area contributed by atoms with Gasteiger partial charge in [-0.15, -0.1) is 0 Å². The summed E-state index contributed by atoms with van der Waals surface area (Å²) in [5.41, 5.74) is 8.04. The molecule has 90 valence electrons. The first kappa shape index (κ1) is 11.6. The van der Waals surface area contributed by atoms with E-state index >= 15 is 0 Å². The molecule has 0 radical (unpaired) electrons. The Morgan fingerprint density at radius 1 is 1.35 bits per heavy atom. The Labute approximate surface area is 101 Å². The summed E-state index contributed by atoms with van der Waals surface area (Å²) in [5, 5.41) is 5.84. The van der Waals surface area contributed by atoms with Crippen LogP contribution in [0.2, 0.25) is 0 Å². The molecule has 1 heterocycles. The van der Waals surface area contributed by atoms with E-state index in [4.69, 9.17) is 5.73 Å². The molecule has 0 saturated carbocycles. The summed E-state index contributed by atoms with van der Waals surface area (Å²) in [7, 11) is 0. The predicted octanol–water partition coefficient (Wildman–Crippen LogP) is 2.41. The second kappa shape index (κ2) is 4.57. The van der Waals surface area contributed by atoms with E-state index in [1.54, 1.807) is 12.1 Å². The average Bonchev–Trinajstić information content (AvgIpc) is 2.59. The molecule has 0 fully saturated rings. The summed E-state index contributed by atoms with van der Waals surface area (Å²) in [6, 6.07) is 7.18. The maximum atomic E-state index is 11.8. The summed E-state index contributed by atoms with van der Waals surface area (Å²) in [6.45, 7) is 4.25. The number of nitrogens with two attached hydrogens (primary N) is 1. The van der Waals surface area contributed by atoms with Gasteiger partial charge in [0.2, 0.25) is 0 Å². The van der Waals surface area contributed by atoms with Crippen LogP contribution in [-0.2, 0) is 4.79 Å². The number of nitrogen functional groups attached to an aromatic ring is 1. The first-order valence-electron chi connectivity index (χ1n) is 5.81. The van der Waals surface area contributed by atoms with Crippen molar-refractivity contribution in [2.75, 3.05) is 10.7 Å². The van der Waals surface area contributed by atoms with Gasteiger partial charge < -0.3 is 5.73 Å². The lowest BCUT2D eigenvalue weighted by Crippen LogP contribution is -2.19. The fraction of sp³-hybridized carbons (Fsp3) is 0.385. The molecule has 0 aromatic heterocycles. The van der Waals surface area contributed by atoms with Crippen molar-refractivity contribution in [2.24, 2.45) is 11.0 Å². The first-order chi connectivity index (χ1) is 8.06. The van der Waals surface area contributed by atoms with Crippen LogP contribution >= 0.6 is 0 Å². The molecule has 4 nitrogen and oxygen atoms in total. The van der Waals surface area contributed by atoms with Gasteiger partial charge in [-0.3, -0.25) is 4.79 Å². The molecule has 0 bridgehead atoms. The van der Waals surface area contributed by atoms with Gasteiger partial charge in [0.25, 0.3) is 5.91 Å². The topological polar surface area (TPSA) is 58.7 Å². The van der Waals surface area contributed by atoms with Crippen molar-refractivity contribution in [3.05, 3.63) is 24.3 Å². The molecule has 0 aliphatic carbocycles. The quantitative estimate of drug-likeness (QED) is 0.812. The van der Waals surface area contributed by atoms with Crippen molar-refractivity contribution in [3.63, 3.8) is 0 Å². The smallest absolute Gasteiger partial charge is 0.253 e. The highest BCUT2D eigenvalue weighted by Gasteiger charge is 2.25. The third-order valence-electron chi connectivity index (χ3n) is 2.61. The Morgan fingerprint density at radius 2 is 2.00 bits per heavy atom. The minimum atomic E-state index is 0.0328. The van der Waals surface area contributed by atoms with Crippen LogP contribution in [0.3, 0.4) is 0 Å². The van der Waals surface area contributed by atoms with Gasteiger partial charge in [-0.1, -0.05) is 13.8 Å². The van der Waals surface area contributed by atoms with Crippen molar-refractivity contribution in [1.82, 2.24) is 0 Å². The van der Waals surface area contributed by atoms with Crippen molar-refractivity contribution < 1.29 is 4.79 Å². The molecule has 17 heavy (non-hydrogen) atoms. The van der Waals surface area contributed by atoms with Crippen LogP contribution in [-0.4, -0.2) is 11.6 Å². The number of hydrazone groups is 1. The first-order valence-corrected chi connectivity index (χ1v) is 5.81. The fourth-order valence-corrected chi connectivity index (χ4v) is 1.88. The van der Waals surface area contributed by atoms with Gasteiger partial charge in [0, 0.05) is 11.4 Å². The van der Waals surface area contributed by atoms with E-state index in [0.29, 0.717) is 18.0 Å². The van der Waals surface area contributed by atoms with Crippen LogP contribution < -0.4 is 10.7 Å². The molecule has 1 aliphatic rings. The standard InChI is InChI=1S/C13H17N3O/c1-9(2)7-11-8-13(17)16(15-11)12-5-3-10(14)4-6-12/h3-6,9H,7-8,14H2,1-2H3. The number of carbonyl (C=O) groups is 1. The molecule has 1 aliphatic heterocycles. The van der Waals surface area contributed by atoms with Crippen molar-refractivity contribution in [1.29, 1.82) is 0 Å². The number of nitrogens with zero attached hydrogens (tertiary/aromatic N) is 2. The van der Waals surface area contributed by atoms with E-state index < -0.39 is 0 Å². The maximum absolute atomic E-state index is 11.8. The van der Waals surface area contributed by atoms with E-state index in [1.807, 2.05) is 12.1 Å². The largest absolute Gasteiger partial charge is 0.399 e. The molecular formula is C13H17N3O. The van der Waals surface area contributed by atoms with Crippen LogP contribution in [0.1, 0.15) is 26.7 Å². The number of hydrogen-bond acceptors (Lipinski definition) is 3. The summed E-state index contributed by atoms with van der Waals surface area (Å²) < 4.78 is 0. The molecule has 1 aromatic carbocycles. The van der Waals surface area contributed by atoms with Crippen LogP contribution in [0.5, 0.6) is 0 Å². The molecule has 0 saturated heterocycles. The lowest BCUT2D eigenvalue weighted by atomic mass is 10.1. The van der Waals surface area contributed by atoms with Gasteiger partial charge in [-0.2, -0.15) is 5.10 Å². The Bertz CT molecular complexity index is 448. The van der Waals surface area contributed by atoms with Gasteiger partial charge in [0.15, 0.2) is 0 Å². The van der Waals surface area contributed by atoms with E-state index in [9.17, 15) is 4.79 Å². The summed E-state index contributed by atoms with van der Waals surface area (Å²) >= 11 is 0. The third kappa shape index (κ3) is 2.64. The van der Waals surface area contributed by atoms with Gasteiger partial charge in [-0.05, 0) is 36.6 Å². The molecule has 2 N–H and O–H groups in total. The lowest BCUT2D eigenvalue weighted by Gasteiger charge is -2.11. The number of carbonyl (C=O) groups excluding carboxylic acids is 1. The fourth-order valence-electron chi connectivity index (χ4n) is 1.88. The van der Waals surface area contributed by atoms with Gasteiger partial charge in [0.05, 0.1) is 12.1 Å². The third-order valence-corrected chi connectivity index (χ3v) is 2.61. The zero-order chi connectivity index (χ0) is 12.4. The Hall–Kier alpha value is -1.84. The molecule has 0 unspecified atom stereocenters. The summed E-state index contributed by atoms with van der Waals surface area (Å²) in [6.07, 6.45) is 1.31. The van der Waals surface area contributed by atoms with Crippen molar-refractivity contribution >= 4 is 23.0 Å². The lowest BCUT2D eigenvalue weighted by molar-refractivity contribution is -0.116. The normalized spacial score (nSPS) is 15.6. The van der Waals surface area contributed by atoms with E-state index in [0.717, 1.165) is 17.8 Å². The van der Waals surface area contributed by atoms with Gasteiger partial charge >= 0.3 is 0 Å². The predicted molar refractivity (Wildman–Crippen MR) is 69.8 cm³/mol. The number of amides is 1. The molecule has 1 aromatic rings. The van der Waals surface area contributed by atoms with Crippen LogP contribution in [0, 0.1) is 5.92 Å². The van der Waals surface area contributed by atoms with Crippen molar-refractivity contribution in [2.45, 2.75) is 26.7 Å². The minimum absolute atomic E-state index is 0.0328. The number of benzene rings is 1. The molecular weight excluding hydrogens is 214 g/mol. The highest BCUT2D eigenvalue weighted by atomic mass is 16.2. The zero-order valence-electron chi connectivity index (χ0n) is 10.2. The average molecular weight is 231 g/mol.